The van der Waals surface area contributed by atoms with Crippen molar-refractivity contribution >= 4 is 0 Å². The van der Waals surface area contributed by atoms with Crippen molar-refractivity contribution < 1.29 is 0 Å². The predicted molar refractivity (Wildman–Crippen MR) is 59.4 cm³/mol. The van der Waals surface area contributed by atoms with E-state index >= 15 is 0 Å². The number of nitrogens with one attached hydrogen (secondary N) is 1. The summed E-state index contributed by atoms with van der Waals surface area (Å²) < 4.78 is 2.30. The summed E-state index contributed by atoms with van der Waals surface area (Å²) in [6.45, 7) is 2.97. The average molecular weight is 199 g/mol. The van der Waals surface area contributed by atoms with E-state index in [0.29, 0.717) is 0 Å². The van der Waals surface area contributed by atoms with E-state index in [1.54, 1.807) is 0 Å². The fourth-order valence-corrected chi connectivity index (χ4v) is 2.03. The largest absolute Gasteiger partial charge is 0.326 e. The lowest BCUT2D eigenvalue weighted by Gasteiger charge is -2.17. The summed E-state index contributed by atoms with van der Waals surface area (Å²) in [4.78, 5) is 4.49. The molecular formula is C12H13N3. The molecule has 0 aliphatic carbocycles. The molecule has 76 valence electrons. The van der Waals surface area contributed by atoms with Gasteiger partial charge in [0, 0.05) is 25.2 Å². The van der Waals surface area contributed by atoms with E-state index in [-0.39, 0.29) is 0 Å². The molecule has 0 bridgehead atoms. The van der Waals surface area contributed by atoms with Gasteiger partial charge >= 0.3 is 0 Å². The topological polar surface area (TPSA) is 29.9 Å². The van der Waals surface area contributed by atoms with E-state index in [9.17, 15) is 0 Å². The summed E-state index contributed by atoms with van der Waals surface area (Å²) in [6, 6.07) is 10.4. The first-order valence-electron chi connectivity index (χ1n) is 5.26. The Morgan fingerprint density at radius 2 is 2.07 bits per heavy atom. The molecule has 0 saturated heterocycles. The smallest absolute Gasteiger partial charge is 0.140 e. The zero-order valence-electron chi connectivity index (χ0n) is 8.48. The van der Waals surface area contributed by atoms with E-state index in [1.165, 1.54) is 11.3 Å². The molecule has 1 aliphatic rings. The van der Waals surface area contributed by atoms with Crippen LogP contribution in [-0.2, 0) is 13.1 Å². The number of aromatic nitrogens is 2. The average Bonchev–Trinajstić information content (AvgIpc) is 2.74. The Labute approximate surface area is 88.8 Å². The minimum absolute atomic E-state index is 0.930. The Balaban J connectivity index is 2.09. The summed E-state index contributed by atoms with van der Waals surface area (Å²) in [5, 5.41) is 3.34. The second kappa shape index (κ2) is 3.51. The number of hydrogen-bond donors (Lipinski definition) is 1. The van der Waals surface area contributed by atoms with Crippen LogP contribution >= 0.6 is 0 Å². The molecule has 3 rings (SSSR count). The lowest BCUT2D eigenvalue weighted by atomic mass is 10.2. The van der Waals surface area contributed by atoms with Crippen LogP contribution < -0.4 is 5.32 Å². The highest BCUT2D eigenvalue weighted by atomic mass is 15.1. The van der Waals surface area contributed by atoms with Gasteiger partial charge in [0.2, 0.25) is 0 Å². The van der Waals surface area contributed by atoms with Crippen LogP contribution in [0.15, 0.2) is 36.5 Å². The molecule has 15 heavy (non-hydrogen) atoms. The summed E-state index contributed by atoms with van der Waals surface area (Å²) >= 11 is 0. The van der Waals surface area contributed by atoms with Gasteiger partial charge in [0.05, 0.1) is 11.9 Å². The maximum absolute atomic E-state index is 4.49. The maximum Gasteiger partial charge on any atom is 0.140 e. The van der Waals surface area contributed by atoms with E-state index in [0.717, 1.165) is 25.5 Å². The van der Waals surface area contributed by atoms with Gasteiger partial charge in [-0.1, -0.05) is 30.3 Å². The lowest BCUT2D eigenvalue weighted by Crippen LogP contribution is -2.27. The number of imidazole rings is 1. The fourth-order valence-electron chi connectivity index (χ4n) is 2.03. The Morgan fingerprint density at radius 1 is 1.20 bits per heavy atom. The molecule has 0 amide bonds. The molecule has 3 nitrogen and oxygen atoms in total. The highest BCUT2D eigenvalue weighted by Gasteiger charge is 2.13. The molecule has 0 atom stereocenters. The zero-order chi connectivity index (χ0) is 10.1. The number of fused-ring (bicyclic) bond motifs is 1. The van der Waals surface area contributed by atoms with Gasteiger partial charge in [-0.15, -0.1) is 0 Å². The van der Waals surface area contributed by atoms with Crippen molar-refractivity contribution in [1.82, 2.24) is 14.9 Å². The molecule has 0 unspecified atom stereocenters. The molecule has 1 aromatic carbocycles. The van der Waals surface area contributed by atoms with Crippen molar-refractivity contribution in [3.8, 4) is 11.4 Å². The van der Waals surface area contributed by atoms with Gasteiger partial charge in [-0.05, 0) is 0 Å². The first kappa shape index (κ1) is 8.68. The van der Waals surface area contributed by atoms with Crippen LogP contribution in [0.4, 0.5) is 0 Å². The molecule has 2 heterocycles. The predicted octanol–water partition coefficient (Wildman–Crippen LogP) is 1.65. The Kier molecular flexibility index (Phi) is 2.03. The van der Waals surface area contributed by atoms with Gasteiger partial charge in [0.1, 0.15) is 5.82 Å². The van der Waals surface area contributed by atoms with Crippen molar-refractivity contribution in [3.63, 3.8) is 0 Å². The summed E-state index contributed by atoms with van der Waals surface area (Å²) in [6.07, 6.45) is 1.97. The molecule has 0 radical (unpaired) electrons. The normalized spacial score (nSPS) is 14.9. The molecule has 0 saturated carbocycles. The fraction of sp³-hybridized carbons (Fsp3) is 0.250. The van der Waals surface area contributed by atoms with Crippen molar-refractivity contribution in [2.45, 2.75) is 13.1 Å². The van der Waals surface area contributed by atoms with Crippen molar-refractivity contribution in [1.29, 1.82) is 0 Å². The second-order valence-corrected chi connectivity index (χ2v) is 3.77. The molecule has 1 aromatic heterocycles. The van der Waals surface area contributed by atoms with E-state index in [1.807, 2.05) is 12.3 Å². The van der Waals surface area contributed by atoms with Gasteiger partial charge in [-0.3, -0.25) is 0 Å². The number of rotatable bonds is 1. The van der Waals surface area contributed by atoms with Crippen LogP contribution in [0.25, 0.3) is 11.4 Å². The van der Waals surface area contributed by atoms with Crippen LogP contribution in [0, 0.1) is 0 Å². The number of nitrogens with zero attached hydrogens (tertiary/aromatic N) is 2. The van der Waals surface area contributed by atoms with Crippen LogP contribution in [0.2, 0.25) is 0 Å². The van der Waals surface area contributed by atoms with E-state index in [2.05, 4.69) is 39.1 Å². The summed E-state index contributed by atoms with van der Waals surface area (Å²) in [5.41, 5.74) is 2.48. The van der Waals surface area contributed by atoms with Crippen molar-refractivity contribution in [3.05, 3.63) is 42.2 Å². The summed E-state index contributed by atoms with van der Waals surface area (Å²) in [7, 11) is 0. The third kappa shape index (κ3) is 1.45. The van der Waals surface area contributed by atoms with Gasteiger partial charge < -0.3 is 9.88 Å². The third-order valence-corrected chi connectivity index (χ3v) is 2.79. The molecule has 2 aromatic rings. The molecule has 0 fully saturated rings. The molecule has 1 aliphatic heterocycles. The monoisotopic (exact) mass is 199 g/mol. The quantitative estimate of drug-likeness (QED) is 0.757. The number of benzene rings is 1. The lowest BCUT2D eigenvalue weighted by molar-refractivity contribution is 0.519. The summed E-state index contributed by atoms with van der Waals surface area (Å²) in [5.74, 6) is 1.09. The van der Waals surface area contributed by atoms with Crippen molar-refractivity contribution in [2.75, 3.05) is 6.54 Å². The van der Waals surface area contributed by atoms with E-state index in [4.69, 9.17) is 0 Å². The zero-order valence-corrected chi connectivity index (χ0v) is 8.48. The SMILES string of the molecule is c1ccc(-c2ncc3n2CCNC3)cc1. The molecule has 3 heteroatoms. The van der Waals surface area contributed by atoms with Crippen molar-refractivity contribution in [2.24, 2.45) is 0 Å². The van der Waals surface area contributed by atoms with Crippen LogP contribution in [0.1, 0.15) is 5.69 Å². The Hall–Kier alpha value is -1.61. The van der Waals surface area contributed by atoms with Gasteiger partial charge in [0.15, 0.2) is 0 Å². The van der Waals surface area contributed by atoms with Crippen LogP contribution in [0.3, 0.4) is 0 Å². The van der Waals surface area contributed by atoms with Gasteiger partial charge in [-0.25, -0.2) is 4.98 Å². The Bertz CT molecular complexity index is 459. The third-order valence-electron chi connectivity index (χ3n) is 2.79. The van der Waals surface area contributed by atoms with E-state index < -0.39 is 0 Å². The first-order chi connectivity index (χ1) is 7.45. The molecule has 1 N–H and O–H groups in total. The van der Waals surface area contributed by atoms with Gasteiger partial charge in [0.25, 0.3) is 0 Å². The second-order valence-electron chi connectivity index (χ2n) is 3.77. The minimum Gasteiger partial charge on any atom is -0.326 e. The number of hydrogen-bond acceptors (Lipinski definition) is 2. The van der Waals surface area contributed by atoms with Gasteiger partial charge in [-0.2, -0.15) is 0 Å². The van der Waals surface area contributed by atoms with Crippen LogP contribution in [-0.4, -0.2) is 16.1 Å². The first-order valence-corrected chi connectivity index (χ1v) is 5.26. The van der Waals surface area contributed by atoms with Crippen LogP contribution in [0.5, 0.6) is 0 Å². The highest BCUT2D eigenvalue weighted by Crippen LogP contribution is 2.20. The minimum atomic E-state index is 0.930. The standard InChI is InChI=1S/C12H13N3/c1-2-4-10(5-3-1)12-14-9-11-8-13-6-7-15(11)12/h1-5,9,13H,6-8H2. The Morgan fingerprint density at radius 3 is 2.93 bits per heavy atom. The highest BCUT2D eigenvalue weighted by molar-refractivity contribution is 5.55. The maximum atomic E-state index is 4.49. The molecule has 0 spiro atoms. The molecular weight excluding hydrogens is 186 g/mol.